The van der Waals surface area contributed by atoms with Crippen molar-refractivity contribution >= 4 is 22.9 Å². The fourth-order valence-corrected chi connectivity index (χ4v) is 2.75. The molecule has 0 aromatic carbocycles. The fraction of sp³-hybridized carbons (Fsp3) is 1.00. The molecular weight excluding hydrogens is 263 g/mol. The summed E-state index contributed by atoms with van der Waals surface area (Å²) in [6.07, 6.45) is 7.08. The first-order valence-corrected chi connectivity index (χ1v) is 6.08. The molecule has 0 aromatic rings. The molecule has 1 heterocycles. The maximum absolute atomic E-state index is 3.34. The van der Waals surface area contributed by atoms with Gasteiger partial charge in [0.25, 0.3) is 0 Å². The summed E-state index contributed by atoms with van der Waals surface area (Å²) >= 11 is 2.29. The number of piperidine rings is 1. The molecule has 2 nitrogen and oxygen atoms in total. The molecule has 2 aliphatic rings. The zero-order valence-electron chi connectivity index (χ0n) is 7.43. The Bertz CT molecular complexity index is 139. The van der Waals surface area contributed by atoms with E-state index < -0.39 is 0 Å². The summed E-state index contributed by atoms with van der Waals surface area (Å²) < 4.78 is 3.34. The predicted molar refractivity (Wildman–Crippen MR) is 59.4 cm³/mol. The van der Waals surface area contributed by atoms with Crippen molar-refractivity contribution in [2.24, 2.45) is 0 Å². The van der Waals surface area contributed by atoms with Gasteiger partial charge in [-0.15, -0.1) is 0 Å². The van der Waals surface area contributed by atoms with Crippen molar-refractivity contribution in [3.05, 3.63) is 0 Å². The number of hydrogen-bond donors (Lipinski definition) is 1. The Morgan fingerprint density at radius 2 is 1.75 bits per heavy atom. The van der Waals surface area contributed by atoms with Crippen molar-refractivity contribution < 1.29 is 0 Å². The summed E-state index contributed by atoms with van der Waals surface area (Å²) in [5.74, 6) is 0. The lowest BCUT2D eigenvalue weighted by Crippen LogP contribution is -2.47. The van der Waals surface area contributed by atoms with E-state index in [-0.39, 0.29) is 0 Å². The lowest BCUT2D eigenvalue weighted by atomic mass is 9.89. The Hall–Kier alpha value is 0.650. The quantitative estimate of drug-likeness (QED) is 0.614. The third-order valence-corrected chi connectivity index (χ3v) is 4.16. The average molecular weight is 280 g/mol. The molecular formula is C9H17IN2. The summed E-state index contributed by atoms with van der Waals surface area (Å²) in [4.78, 5) is 2.69. The molecule has 0 spiro atoms. The molecule has 70 valence electrons. The molecule has 0 amide bonds. The molecule has 0 atom stereocenters. The van der Waals surface area contributed by atoms with Crippen molar-refractivity contribution in [3.63, 3.8) is 0 Å². The van der Waals surface area contributed by atoms with Gasteiger partial charge in [0.2, 0.25) is 0 Å². The monoisotopic (exact) mass is 280 g/mol. The Kier molecular flexibility index (Phi) is 3.26. The van der Waals surface area contributed by atoms with Crippen molar-refractivity contribution in [1.82, 2.24) is 8.43 Å². The highest BCUT2D eigenvalue weighted by atomic mass is 127. The maximum atomic E-state index is 3.34. The number of halogens is 1. The van der Waals surface area contributed by atoms with Gasteiger partial charge >= 0.3 is 0 Å². The number of nitrogens with zero attached hydrogens (tertiary/aromatic N) is 1. The first-order valence-electron chi connectivity index (χ1n) is 5.00. The van der Waals surface area contributed by atoms with Crippen LogP contribution in [0.3, 0.4) is 0 Å². The summed E-state index contributed by atoms with van der Waals surface area (Å²) in [7, 11) is 0. The van der Waals surface area contributed by atoms with Crippen molar-refractivity contribution in [3.8, 4) is 0 Å². The van der Waals surface area contributed by atoms with Crippen LogP contribution in [-0.4, -0.2) is 30.1 Å². The average Bonchev–Trinajstić information content (AvgIpc) is 2.03. The summed E-state index contributed by atoms with van der Waals surface area (Å²) in [6.45, 7) is 2.65. The minimum atomic E-state index is 0.780. The molecule has 0 aromatic heterocycles. The Balaban J connectivity index is 1.74. The van der Waals surface area contributed by atoms with Gasteiger partial charge in [-0.1, -0.05) is 6.42 Å². The van der Waals surface area contributed by atoms with Crippen LogP contribution >= 0.6 is 22.9 Å². The van der Waals surface area contributed by atoms with E-state index in [9.17, 15) is 0 Å². The summed E-state index contributed by atoms with van der Waals surface area (Å²) in [5.41, 5.74) is 0. The minimum Gasteiger partial charge on any atom is -0.300 e. The normalized spacial score (nSPS) is 28.8. The molecule has 1 saturated heterocycles. The summed E-state index contributed by atoms with van der Waals surface area (Å²) in [6, 6.07) is 1.74. The Morgan fingerprint density at radius 1 is 1.08 bits per heavy atom. The molecule has 0 unspecified atom stereocenters. The van der Waals surface area contributed by atoms with E-state index in [0.29, 0.717) is 0 Å². The smallest absolute Gasteiger partial charge is 0.0187 e. The number of likely N-dealkylation sites (tertiary alicyclic amines) is 1. The zero-order chi connectivity index (χ0) is 8.39. The second-order valence-corrected chi connectivity index (χ2v) is 4.63. The van der Waals surface area contributed by atoms with Crippen molar-refractivity contribution in [2.75, 3.05) is 13.1 Å². The molecule has 1 aliphatic heterocycles. The molecule has 1 N–H and O–H groups in total. The Labute approximate surface area is 88.6 Å². The van der Waals surface area contributed by atoms with Crippen molar-refractivity contribution in [1.29, 1.82) is 0 Å². The van der Waals surface area contributed by atoms with E-state index in [2.05, 4.69) is 31.3 Å². The van der Waals surface area contributed by atoms with E-state index in [1.54, 1.807) is 0 Å². The molecule has 1 saturated carbocycles. The van der Waals surface area contributed by atoms with E-state index in [4.69, 9.17) is 0 Å². The SMILES string of the molecule is INC1CCN(C2CCC2)CC1. The summed E-state index contributed by atoms with van der Waals surface area (Å²) in [5, 5.41) is 0. The number of rotatable bonds is 2. The predicted octanol–water partition coefficient (Wildman–Crippen LogP) is 1.94. The van der Waals surface area contributed by atoms with Crippen LogP contribution in [0.2, 0.25) is 0 Å². The van der Waals surface area contributed by atoms with E-state index >= 15 is 0 Å². The van der Waals surface area contributed by atoms with Crippen molar-refractivity contribution in [2.45, 2.75) is 44.2 Å². The van der Waals surface area contributed by atoms with Gasteiger partial charge in [0.1, 0.15) is 0 Å². The second-order valence-electron chi connectivity index (χ2n) is 4.00. The molecule has 1 aliphatic carbocycles. The second kappa shape index (κ2) is 4.24. The van der Waals surface area contributed by atoms with E-state index in [1.165, 1.54) is 45.2 Å². The minimum absolute atomic E-state index is 0.780. The molecule has 2 rings (SSSR count). The fourth-order valence-electron chi connectivity index (χ4n) is 2.13. The highest BCUT2D eigenvalue weighted by molar-refractivity contribution is 14.1. The van der Waals surface area contributed by atoms with Gasteiger partial charge in [0, 0.05) is 34.9 Å². The lowest BCUT2D eigenvalue weighted by Gasteiger charge is -2.41. The first kappa shape index (κ1) is 9.21. The molecule has 0 bridgehead atoms. The van der Waals surface area contributed by atoms with Gasteiger partial charge in [-0.2, -0.15) is 0 Å². The van der Waals surface area contributed by atoms with Crippen LogP contribution in [0.1, 0.15) is 32.1 Å². The van der Waals surface area contributed by atoms with Crippen LogP contribution in [0.5, 0.6) is 0 Å². The third-order valence-electron chi connectivity index (χ3n) is 3.27. The molecule has 0 radical (unpaired) electrons. The number of hydrogen-bond acceptors (Lipinski definition) is 2. The van der Waals surface area contributed by atoms with E-state index in [1.807, 2.05) is 0 Å². The highest BCUT2D eigenvalue weighted by Gasteiger charge is 2.28. The van der Waals surface area contributed by atoms with Gasteiger partial charge in [-0.3, -0.25) is 3.53 Å². The van der Waals surface area contributed by atoms with Crippen LogP contribution in [-0.2, 0) is 0 Å². The topological polar surface area (TPSA) is 15.3 Å². The lowest BCUT2D eigenvalue weighted by molar-refractivity contribution is 0.0971. The number of nitrogens with one attached hydrogen (secondary N) is 1. The van der Waals surface area contributed by atoms with Crippen LogP contribution in [0, 0.1) is 0 Å². The third kappa shape index (κ3) is 1.93. The standard InChI is InChI=1S/C9H17IN2/c10-11-8-4-6-12(7-5-8)9-2-1-3-9/h8-9,11H,1-7H2. The largest absolute Gasteiger partial charge is 0.300 e. The van der Waals surface area contributed by atoms with Crippen LogP contribution in [0.15, 0.2) is 0 Å². The van der Waals surface area contributed by atoms with Gasteiger partial charge < -0.3 is 4.90 Å². The van der Waals surface area contributed by atoms with Gasteiger partial charge in [-0.05, 0) is 38.8 Å². The molecule has 2 fully saturated rings. The molecule has 12 heavy (non-hydrogen) atoms. The van der Waals surface area contributed by atoms with Crippen LogP contribution in [0.25, 0.3) is 0 Å². The highest BCUT2D eigenvalue weighted by Crippen LogP contribution is 2.27. The van der Waals surface area contributed by atoms with Gasteiger partial charge in [0.15, 0.2) is 0 Å². The zero-order valence-corrected chi connectivity index (χ0v) is 9.59. The van der Waals surface area contributed by atoms with Crippen LogP contribution < -0.4 is 3.53 Å². The van der Waals surface area contributed by atoms with Gasteiger partial charge in [-0.25, -0.2) is 0 Å². The first-order chi connectivity index (χ1) is 5.90. The van der Waals surface area contributed by atoms with Crippen LogP contribution in [0.4, 0.5) is 0 Å². The Morgan fingerprint density at radius 3 is 2.17 bits per heavy atom. The molecule has 3 heteroatoms. The maximum Gasteiger partial charge on any atom is 0.0187 e. The van der Waals surface area contributed by atoms with Gasteiger partial charge in [0.05, 0.1) is 0 Å². The van der Waals surface area contributed by atoms with E-state index in [0.717, 1.165) is 12.1 Å².